The third kappa shape index (κ3) is 15.0. The molecule has 0 heterocycles. The Morgan fingerprint density at radius 2 is 1.57 bits per heavy atom. The largest absolute Gasteiger partial charge is 0.460 e. The number of nitrogens with one attached hydrogen (secondary N) is 4. The lowest BCUT2D eigenvalue weighted by Crippen LogP contribution is -2.45. The van der Waals surface area contributed by atoms with Gasteiger partial charge in [0, 0.05) is 37.3 Å². The molecular formula is C31H42Cl3N5O7. The number of nitrogens with two attached hydrogens (primary N) is 1. The van der Waals surface area contributed by atoms with Crippen molar-refractivity contribution >= 4 is 64.2 Å². The maximum atomic E-state index is 13.0. The number of ether oxygens (including phenoxy) is 4. The van der Waals surface area contributed by atoms with E-state index in [-0.39, 0.29) is 44.4 Å². The number of carbonyl (C=O) groups is 3. The number of rotatable bonds is 20. The van der Waals surface area contributed by atoms with Crippen molar-refractivity contribution in [3.8, 4) is 0 Å². The molecule has 6 N–H and O–H groups in total. The number of hydrogen-bond donors (Lipinski definition) is 5. The Morgan fingerprint density at radius 3 is 2.17 bits per heavy atom. The molecule has 0 saturated heterocycles. The zero-order valence-electron chi connectivity index (χ0n) is 25.9. The van der Waals surface area contributed by atoms with Crippen LogP contribution >= 0.6 is 34.8 Å². The van der Waals surface area contributed by atoms with Crippen LogP contribution in [0.1, 0.15) is 37.5 Å². The van der Waals surface area contributed by atoms with Crippen LogP contribution in [0.15, 0.2) is 54.6 Å². The summed E-state index contributed by atoms with van der Waals surface area (Å²) in [6, 6.07) is 15.1. The Hall–Kier alpha value is -3.13. The number of alkyl halides is 3. The molecule has 0 aromatic heterocycles. The minimum absolute atomic E-state index is 0.0998. The molecule has 0 aliphatic rings. The molecule has 15 heteroatoms. The van der Waals surface area contributed by atoms with E-state index < -0.39 is 33.8 Å². The molecule has 46 heavy (non-hydrogen) atoms. The van der Waals surface area contributed by atoms with Crippen molar-refractivity contribution in [2.45, 2.75) is 42.8 Å². The van der Waals surface area contributed by atoms with E-state index >= 15 is 0 Å². The van der Waals surface area contributed by atoms with Gasteiger partial charge in [-0.1, -0.05) is 91.1 Å². The Bertz CT molecular complexity index is 1230. The smallest absolute Gasteiger partial charge is 0.408 e. The number of anilines is 1. The minimum Gasteiger partial charge on any atom is -0.460 e. The first kappa shape index (κ1) is 39.1. The number of halogens is 3. The van der Waals surface area contributed by atoms with Gasteiger partial charge in [-0.25, -0.2) is 4.79 Å². The van der Waals surface area contributed by atoms with E-state index in [1.54, 1.807) is 24.3 Å². The molecule has 254 valence electrons. The van der Waals surface area contributed by atoms with Crippen molar-refractivity contribution < 1.29 is 33.3 Å². The Balaban J connectivity index is 1.90. The predicted octanol–water partition coefficient (Wildman–Crippen LogP) is 4.52. The van der Waals surface area contributed by atoms with Crippen molar-refractivity contribution in [2.75, 3.05) is 51.4 Å². The predicted molar refractivity (Wildman–Crippen MR) is 178 cm³/mol. The molecule has 2 rings (SSSR count). The first-order chi connectivity index (χ1) is 21.9. The summed E-state index contributed by atoms with van der Waals surface area (Å²) in [5.41, 5.74) is 7.26. The van der Waals surface area contributed by atoms with Crippen LogP contribution in [0.25, 0.3) is 0 Å². The minimum atomic E-state index is -2.17. The van der Waals surface area contributed by atoms with E-state index in [9.17, 15) is 14.4 Å². The van der Waals surface area contributed by atoms with E-state index in [0.29, 0.717) is 37.6 Å². The van der Waals surface area contributed by atoms with E-state index in [4.69, 9.17) is 64.9 Å². The lowest BCUT2D eigenvalue weighted by Gasteiger charge is -2.22. The standard InChI is InChI=1S/C31H42Cl3N5O7/c1-21(2)26(39-30(42)45-20-22-6-4-3-5-7-22)25(40)12-14-37-24-10-8-23(9-11-24)27(46-29(36)31(32,33)34)28(41)38-15-17-44-19-18-43-16-13-35/h3-11,21,26-27,36-37H,12-20,35H2,1-2H3,(H,38,41)(H,39,42)/t26-,27?/m0/s1. The summed E-state index contributed by atoms with van der Waals surface area (Å²) >= 11 is 17.3. The van der Waals surface area contributed by atoms with Gasteiger partial charge in [0.15, 0.2) is 5.78 Å². The number of carbonyl (C=O) groups excluding carboxylic acids is 3. The van der Waals surface area contributed by atoms with Gasteiger partial charge < -0.3 is 40.6 Å². The van der Waals surface area contributed by atoms with Gasteiger partial charge in [0.05, 0.1) is 32.5 Å². The fraction of sp³-hybridized carbons (Fsp3) is 0.484. The number of amides is 2. The third-order valence-electron chi connectivity index (χ3n) is 6.32. The van der Waals surface area contributed by atoms with Gasteiger partial charge in [0.1, 0.15) is 6.61 Å². The highest BCUT2D eigenvalue weighted by molar-refractivity contribution is 6.76. The average Bonchev–Trinajstić information content (AvgIpc) is 3.02. The van der Waals surface area contributed by atoms with E-state index in [2.05, 4.69) is 16.0 Å². The van der Waals surface area contributed by atoms with Crippen LogP contribution in [0.2, 0.25) is 0 Å². The van der Waals surface area contributed by atoms with Crippen LogP contribution in [0.4, 0.5) is 10.5 Å². The van der Waals surface area contributed by atoms with Gasteiger partial charge >= 0.3 is 6.09 Å². The molecule has 0 aliphatic heterocycles. The van der Waals surface area contributed by atoms with Crippen molar-refractivity contribution in [1.29, 1.82) is 5.41 Å². The quantitative estimate of drug-likeness (QED) is 0.0575. The van der Waals surface area contributed by atoms with Crippen LogP contribution in [0.5, 0.6) is 0 Å². The normalized spacial score (nSPS) is 12.6. The van der Waals surface area contributed by atoms with E-state index in [0.717, 1.165) is 5.56 Å². The molecule has 0 saturated carbocycles. The summed E-state index contributed by atoms with van der Waals surface area (Å²) in [5, 5.41) is 16.5. The van der Waals surface area contributed by atoms with Gasteiger partial charge in [-0.15, -0.1) is 0 Å². The fourth-order valence-electron chi connectivity index (χ4n) is 3.97. The van der Waals surface area contributed by atoms with Crippen molar-refractivity contribution in [1.82, 2.24) is 10.6 Å². The van der Waals surface area contributed by atoms with Crippen LogP contribution in [0, 0.1) is 11.3 Å². The highest BCUT2D eigenvalue weighted by atomic mass is 35.6. The number of benzene rings is 2. The third-order valence-corrected chi connectivity index (χ3v) is 6.84. The highest BCUT2D eigenvalue weighted by Gasteiger charge is 2.34. The molecule has 2 amide bonds. The molecule has 0 fully saturated rings. The van der Waals surface area contributed by atoms with Gasteiger partial charge in [-0.2, -0.15) is 0 Å². The first-order valence-corrected chi connectivity index (χ1v) is 15.8. The van der Waals surface area contributed by atoms with Crippen molar-refractivity contribution in [3.05, 3.63) is 65.7 Å². The monoisotopic (exact) mass is 701 g/mol. The molecule has 1 unspecified atom stereocenters. The number of Topliss-reactive ketones (excluding diaryl/α,β-unsaturated/α-hetero) is 1. The second kappa shape index (κ2) is 20.9. The second-order valence-corrected chi connectivity index (χ2v) is 12.6. The second-order valence-electron chi connectivity index (χ2n) is 10.3. The maximum Gasteiger partial charge on any atom is 0.408 e. The van der Waals surface area contributed by atoms with Gasteiger partial charge in [-0.3, -0.25) is 15.0 Å². The van der Waals surface area contributed by atoms with Gasteiger partial charge in [0.2, 0.25) is 12.0 Å². The van der Waals surface area contributed by atoms with Crippen molar-refractivity contribution in [3.63, 3.8) is 0 Å². The fourth-order valence-corrected chi connectivity index (χ4v) is 4.11. The topological polar surface area (TPSA) is 174 Å². The highest BCUT2D eigenvalue weighted by Crippen LogP contribution is 2.31. The molecule has 2 aromatic rings. The summed E-state index contributed by atoms with van der Waals surface area (Å²) in [5.74, 6) is -1.59. The summed E-state index contributed by atoms with van der Waals surface area (Å²) in [6.45, 7) is 6.03. The van der Waals surface area contributed by atoms with Crippen LogP contribution in [-0.4, -0.2) is 79.6 Å². The molecular weight excluding hydrogens is 661 g/mol. The number of alkyl carbamates (subject to hydrolysis) is 1. The Kier molecular flexibility index (Phi) is 17.7. The zero-order valence-corrected chi connectivity index (χ0v) is 28.1. The molecule has 12 nitrogen and oxygen atoms in total. The average molecular weight is 703 g/mol. The van der Waals surface area contributed by atoms with Crippen LogP contribution in [0.3, 0.4) is 0 Å². The molecule has 0 radical (unpaired) electrons. The van der Waals surface area contributed by atoms with Gasteiger partial charge in [0.25, 0.3) is 9.70 Å². The number of hydrogen-bond acceptors (Lipinski definition) is 10. The first-order valence-electron chi connectivity index (χ1n) is 14.7. The summed E-state index contributed by atoms with van der Waals surface area (Å²) in [6.07, 6.45) is -1.81. The lowest BCUT2D eigenvalue weighted by molar-refractivity contribution is -0.129. The number of ketones is 1. The molecule has 0 bridgehead atoms. The zero-order chi connectivity index (χ0) is 34.0. The van der Waals surface area contributed by atoms with Gasteiger partial charge in [-0.05, 0) is 23.6 Å². The Morgan fingerprint density at radius 1 is 0.913 bits per heavy atom. The molecule has 0 spiro atoms. The lowest BCUT2D eigenvalue weighted by atomic mass is 9.98. The summed E-state index contributed by atoms with van der Waals surface area (Å²) in [7, 11) is 0. The van der Waals surface area contributed by atoms with E-state index in [1.165, 1.54) is 0 Å². The maximum absolute atomic E-state index is 13.0. The SMILES string of the molecule is CC(C)[C@H](NC(=O)OCc1ccccc1)C(=O)CCNc1ccc(C(OC(=N)C(Cl)(Cl)Cl)C(=O)NCCOCCOCCN)cc1. The molecule has 2 aromatic carbocycles. The Labute approximate surface area is 284 Å². The van der Waals surface area contributed by atoms with Crippen LogP contribution in [-0.2, 0) is 35.1 Å². The molecule has 0 aliphatic carbocycles. The summed E-state index contributed by atoms with van der Waals surface area (Å²) in [4.78, 5) is 38.2. The van der Waals surface area contributed by atoms with E-state index in [1.807, 2.05) is 44.2 Å². The molecule has 2 atom stereocenters. The summed E-state index contributed by atoms with van der Waals surface area (Å²) < 4.78 is 19.2. The van der Waals surface area contributed by atoms with Crippen molar-refractivity contribution in [2.24, 2.45) is 11.7 Å². The van der Waals surface area contributed by atoms with Crippen LogP contribution < -0.4 is 21.7 Å².